The molecule has 0 radical (unpaired) electrons. The lowest BCUT2D eigenvalue weighted by molar-refractivity contribution is 0.547. The Kier molecular flexibility index (Phi) is 14.1. The van der Waals surface area contributed by atoms with Crippen LogP contribution in [0.5, 0.6) is 0 Å². The Morgan fingerprint density at radius 3 is 1.62 bits per heavy atom. The van der Waals surface area contributed by atoms with Crippen molar-refractivity contribution in [3.8, 4) is 67.9 Å². The highest BCUT2D eigenvalue weighted by molar-refractivity contribution is 7.13. The molecular weight excluding hydrogens is 984 g/mol. The number of aromatic nitrogens is 16. The van der Waals surface area contributed by atoms with E-state index in [4.69, 9.17) is 10.2 Å². The molecule has 0 spiro atoms. The number of pyridine rings is 2. The molecule has 9 aromatic heterocycles. The third kappa shape index (κ3) is 10.9. The molecule has 0 saturated heterocycles. The van der Waals surface area contributed by atoms with Crippen LogP contribution < -0.4 is 5.73 Å². The van der Waals surface area contributed by atoms with Gasteiger partial charge >= 0.3 is 0 Å². The molecular formula is C48H34F3N17OS3. The van der Waals surface area contributed by atoms with Gasteiger partial charge in [-0.25, -0.2) is 57.1 Å². The fourth-order valence-electron chi connectivity index (χ4n) is 6.86. The fourth-order valence-corrected chi connectivity index (χ4v) is 8.58. The van der Waals surface area contributed by atoms with E-state index in [0.717, 1.165) is 10.7 Å². The first-order valence-corrected chi connectivity index (χ1v) is 24.2. The predicted octanol–water partition coefficient (Wildman–Crippen LogP) is 9.52. The van der Waals surface area contributed by atoms with Gasteiger partial charge in [-0.1, -0.05) is 60.7 Å². The van der Waals surface area contributed by atoms with Crippen molar-refractivity contribution in [2.24, 2.45) is 0 Å². The molecule has 0 aliphatic heterocycles. The number of halogens is 3. The van der Waals surface area contributed by atoms with Crippen molar-refractivity contribution in [1.29, 1.82) is 0 Å². The van der Waals surface area contributed by atoms with E-state index in [0.29, 0.717) is 73.7 Å². The minimum absolute atomic E-state index is 0.185. The second kappa shape index (κ2) is 21.7. The highest BCUT2D eigenvalue weighted by Crippen LogP contribution is 2.27. The van der Waals surface area contributed by atoms with Gasteiger partial charge in [0.1, 0.15) is 34.5 Å². The minimum atomic E-state index is -0.316. The van der Waals surface area contributed by atoms with Crippen LogP contribution in [0.25, 0.3) is 67.9 Å². The maximum absolute atomic E-state index is 14.0. The average molecular weight is 1020 g/mol. The second-order valence-corrected chi connectivity index (χ2v) is 17.5. The van der Waals surface area contributed by atoms with Crippen LogP contribution in [0.3, 0.4) is 0 Å². The quantitative estimate of drug-likeness (QED) is 0.120. The standard InChI is InChI=1S/C17H13FN6S.C16H11FN6O.C15H10FN5S2/c18-13-4-2-1-3-11(13)10-24-16(17-21-7-8-25-17)22-15(23-24)14-9-12(19)5-6-20-14;17-12-6-2-1-5-11(12)9-23-15(16-21-19-10-24-16)20-14(22-23)13-7-3-4-8-18-13;16-11-4-2-1-3-10(11)7-21-14(12-8-22-9-18-12)19-13(20-21)15-17-5-6-23-15/h1-9H,10H2,(H2,19,20);1-8,10H,9H2;1-6,8-9H,7H2. The van der Waals surface area contributed by atoms with Gasteiger partial charge in [0.15, 0.2) is 27.5 Å². The van der Waals surface area contributed by atoms with Gasteiger partial charge in [-0.05, 0) is 42.5 Å². The summed E-state index contributed by atoms with van der Waals surface area (Å²) in [5, 5.41) is 28.0. The zero-order chi connectivity index (χ0) is 49.2. The van der Waals surface area contributed by atoms with E-state index >= 15 is 0 Å². The lowest BCUT2D eigenvalue weighted by Crippen LogP contribution is -2.06. The maximum atomic E-state index is 14.0. The zero-order valence-electron chi connectivity index (χ0n) is 37.1. The molecule has 12 aromatic rings. The number of rotatable bonds is 12. The van der Waals surface area contributed by atoms with Gasteiger partial charge in [0.2, 0.25) is 23.9 Å². The third-order valence-corrected chi connectivity index (χ3v) is 12.3. The molecule has 0 aliphatic rings. The van der Waals surface area contributed by atoms with Crippen LogP contribution >= 0.6 is 34.0 Å². The smallest absolute Gasteiger partial charge is 0.285 e. The Bertz CT molecular complexity index is 3640. The van der Waals surface area contributed by atoms with Crippen molar-refractivity contribution < 1.29 is 17.6 Å². The monoisotopic (exact) mass is 1020 g/mol. The summed E-state index contributed by atoms with van der Waals surface area (Å²) in [6, 6.07) is 28.6. The lowest BCUT2D eigenvalue weighted by atomic mass is 10.2. The van der Waals surface area contributed by atoms with Crippen molar-refractivity contribution >= 4 is 39.7 Å². The molecule has 356 valence electrons. The summed E-state index contributed by atoms with van der Waals surface area (Å²) in [7, 11) is 0. The molecule has 0 saturated carbocycles. The molecule has 9 heterocycles. The third-order valence-electron chi connectivity index (χ3n) is 10.2. The summed E-state index contributed by atoms with van der Waals surface area (Å²) in [5.74, 6) is 2.24. The number of benzene rings is 3. The first kappa shape index (κ1) is 46.7. The highest BCUT2D eigenvalue weighted by Gasteiger charge is 2.21. The Morgan fingerprint density at radius 1 is 0.514 bits per heavy atom. The summed E-state index contributed by atoms with van der Waals surface area (Å²) in [6.45, 7) is 0.721. The van der Waals surface area contributed by atoms with Crippen molar-refractivity contribution in [3.63, 3.8) is 0 Å². The molecule has 18 nitrogen and oxygen atoms in total. The van der Waals surface area contributed by atoms with Gasteiger partial charge in [-0.3, -0.25) is 9.97 Å². The molecule has 0 fully saturated rings. The van der Waals surface area contributed by atoms with E-state index in [2.05, 4.69) is 65.4 Å². The fraction of sp³-hybridized carbons (Fsp3) is 0.0625. The summed E-state index contributed by atoms with van der Waals surface area (Å²) < 4.78 is 52.0. The Labute approximate surface area is 418 Å². The Balaban J connectivity index is 0.000000124. The van der Waals surface area contributed by atoms with Gasteiger partial charge in [0, 0.05) is 63.3 Å². The number of nitrogens with two attached hydrogens (primary N) is 1. The van der Waals surface area contributed by atoms with Crippen molar-refractivity contribution in [1.82, 2.24) is 79.4 Å². The van der Waals surface area contributed by atoms with E-state index in [-0.39, 0.29) is 43.0 Å². The number of hydrogen-bond acceptors (Lipinski definition) is 18. The summed E-state index contributed by atoms with van der Waals surface area (Å²) in [4.78, 5) is 34.8. The highest BCUT2D eigenvalue weighted by atomic mass is 32.1. The van der Waals surface area contributed by atoms with E-state index in [1.54, 1.807) is 119 Å². The van der Waals surface area contributed by atoms with Gasteiger partial charge in [-0.2, -0.15) is 0 Å². The first-order chi connectivity index (χ1) is 35.3. The molecule has 2 N–H and O–H groups in total. The molecule has 3 aromatic carbocycles. The van der Waals surface area contributed by atoms with Gasteiger partial charge in [0.05, 0.1) is 25.1 Å². The second-order valence-electron chi connectivity index (χ2n) is 15.0. The minimum Gasteiger partial charge on any atom is -0.421 e. The maximum Gasteiger partial charge on any atom is 0.285 e. The van der Waals surface area contributed by atoms with Gasteiger partial charge in [-0.15, -0.1) is 59.5 Å². The zero-order valence-corrected chi connectivity index (χ0v) is 39.6. The molecule has 72 heavy (non-hydrogen) atoms. The van der Waals surface area contributed by atoms with Crippen LogP contribution in [0.4, 0.5) is 18.9 Å². The number of nitrogens with zero attached hydrogens (tertiary/aromatic N) is 16. The lowest BCUT2D eigenvalue weighted by Gasteiger charge is -2.05. The van der Waals surface area contributed by atoms with E-state index in [9.17, 15) is 13.2 Å². The number of anilines is 1. The van der Waals surface area contributed by atoms with E-state index in [1.807, 2.05) is 22.2 Å². The molecule has 24 heteroatoms. The van der Waals surface area contributed by atoms with Crippen LogP contribution in [0, 0.1) is 17.5 Å². The van der Waals surface area contributed by atoms with Gasteiger partial charge < -0.3 is 10.2 Å². The SMILES string of the molecule is Fc1ccccc1Cn1nc(-c2ccccn2)nc1-c1nnco1.Fc1ccccc1Cn1nc(-c2nccs2)nc1-c1cscn1.Nc1ccnc(-c2nc(-c3nccs3)n(Cc3ccccc3F)n2)c1. The molecule has 0 atom stereocenters. The molecule has 0 aliphatic carbocycles. The van der Waals surface area contributed by atoms with E-state index in [1.165, 1.54) is 63.3 Å². The van der Waals surface area contributed by atoms with Gasteiger partial charge in [0.25, 0.3) is 5.89 Å². The van der Waals surface area contributed by atoms with Crippen LogP contribution in [-0.2, 0) is 19.6 Å². The van der Waals surface area contributed by atoms with Crippen molar-refractivity contribution in [2.45, 2.75) is 19.6 Å². The number of thiazole rings is 3. The number of nitrogen functional groups attached to an aromatic ring is 1. The molecule has 0 amide bonds. The summed E-state index contributed by atoms with van der Waals surface area (Å²) >= 11 is 4.39. The van der Waals surface area contributed by atoms with Crippen LogP contribution in [0.15, 0.2) is 160 Å². The van der Waals surface area contributed by atoms with Crippen LogP contribution in [-0.4, -0.2) is 79.4 Å². The summed E-state index contributed by atoms with van der Waals surface area (Å²) in [6.07, 6.45) is 7.86. The first-order valence-electron chi connectivity index (χ1n) is 21.5. The van der Waals surface area contributed by atoms with Crippen molar-refractivity contribution in [2.75, 3.05) is 5.73 Å². The topological polar surface area (TPSA) is 222 Å². The molecule has 0 unspecified atom stereocenters. The Hall–Kier alpha value is -9.00. The van der Waals surface area contributed by atoms with Crippen LogP contribution in [0.2, 0.25) is 0 Å². The van der Waals surface area contributed by atoms with E-state index < -0.39 is 0 Å². The predicted molar refractivity (Wildman–Crippen MR) is 264 cm³/mol. The average Bonchev–Trinajstić information content (AvgIpc) is 4.26. The normalized spacial score (nSPS) is 10.9. The Morgan fingerprint density at radius 2 is 1.07 bits per heavy atom. The van der Waals surface area contributed by atoms with Crippen molar-refractivity contribution in [3.05, 3.63) is 190 Å². The number of hydrogen-bond donors (Lipinski definition) is 1. The van der Waals surface area contributed by atoms with Crippen LogP contribution in [0.1, 0.15) is 16.7 Å². The molecule has 12 rings (SSSR count). The largest absolute Gasteiger partial charge is 0.421 e. The summed E-state index contributed by atoms with van der Waals surface area (Å²) in [5.41, 5.74) is 11.6. The molecule has 0 bridgehead atoms.